The highest BCUT2D eigenvalue weighted by molar-refractivity contribution is 5.49. The highest BCUT2D eigenvalue weighted by Crippen LogP contribution is 2.36. The fourth-order valence-corrected chi connectivity index (χ4v) is 2.03. The smallest absolute Gasteiger partial charge is 0.135 e. The Morgan fingerprint density at radius 3 is 2.20 bits per heavy atom. The second-order valence-corrected chi connectivity index (χ2v) is 4.44. The Morgan fingerprint density at radius 2 is 1.55 bits per heavy atom. The van der Waals surface area contributed by atoms with Crippen LogP contribution in [0.25, 0.3) is 0 Å². The number of methoxy groups -OCH3 is 2. The van der Waals surface area contributed by atoms with Crippen molar-refractivity contribution in [2.45, 2.75) is 13.0 Å². The van der Waals surface area contributed by atoms with Crippen LogP contribution in [0.2, 0.25) is 0 Å². The Labute approximate surface area is 119 Å². The van der Waals surface area contributed by atoms with Crippen LogP contribution in [0.4, 0.5) is 0 Å². The van der Waals surface area contributed by atoms with Crippen LogP contribution in [0.15, 0.2) is 42.5 Å². The van der Waals surface area contributed by atoms with Crippen LogP contribution in [0.1, 0.15) is 18.5 Å². The van der Waals surface area contributed by atoms with Gasteiger partial charge in [0.15, 0.2) is 0 Å². The Balaban J connectivity index is 2.37. The maximum atomic E-state index is 6.02. The van der Waals surface area contributed by atoms with Gasteiger partial charge in [0.25, 0.3) is 0 Å². The number of rotatable bonds is 5. The van der Waals surface area contributed by atoms with Crippen LogP contribution in [-0.4, -0.2) is 14.2 Å². The molecule has 0 heterocycles. The van der Waals surface area contributed by atoms with Gasteiger partial charge in [-0.15, -0.1) is 0 Å². The molecule has 4 nitrogen and oxygen atoms in total. The number of nitrogens with two attached hydrogens (primary N) is 1. The molecule has 0 radical (unpaired) electrons. The van der Waals surface area contributed by atoms with E-state index in [9.17, 15) is 0 Å². The average Bonchev–Trinajstić information content (AvgIpc) is 2.46. The first kappa shape index (κ1) is 14.2. The van der Waals surface area contributed by atoms with Crippen LogP contribution in [0.3, 0.4) is 0 Å². The number of hydrogen-bond donors (Lipinski definition) is 1. The normalized spacial score (nSPS) is 11.8. The Morgan fingerprint density at radius 1 is 0.900 bits per heavy atom. The van der Waals surface area contributed by atoms with Gasteiger partial charge < -0.3 is 19.9 Å². The minimum absolute atomic E-state index is 0.188. The largest absolute Gasteiger partial charge is 0.497 e. The fraction of sp³-hybridized carbons (Fsp3) is 0.250. The maximum Gasteiger partial charge on any atom is 0.135 e. The van der Waals surface area contributed by atoms with Crippen molar-refractivity contribution in [2.24, 2.45) is 5.73 Å². The molecule has 0 saturated carbocycles. The molecule has 0 saturated heterocycles. The third kappa shape index (κ3) is 3.03. The van der Waals surface area contributed by atoms with Crippen molar-refractivity contribution in [1.82, 2.24) is 0 Å². The molecule has 0 aromatic heterocycles. The molecule has 0 spiro atoms. The summed E-state index contributed by atoms with van der Waals surface area (Å²) in [5, 5.41) is 0. The van der Waals surface area contributed by atoms with Crippen molar-refractivity contribution in [2.75, 3.05) is 14.2 Å². The quantitative estimate of drug-likeness (QED) is 0.905. The molecule has 0 aliphatic rings. The van der Waals surface area contributed by atoms with Gasteiger partial charge in [-0.25, -0.2) is 0 Å². The molecule has 0 fully saturated rings. The first-order chi connectivity index (χ1) is 9.65. The standard InChI is InChI=1S/C16H19NO3/c1-11(17)16-14(19-3)8-5-9-15(16)20-13-7-4-6-12(10-13)18-2/h4-11H,17H2,1-3H3/t11-/m1/s1. The summed E-state index contributed by atoms with van der Waals surface area (Å²) in [6, 6.07) is 12.9. The van der Waals surface area contributed by atoms with E-state index in [2.05, 4.69) is 0 Å². The summed E-state index contributed by atoms with van der Waals surface area (Å²) in [4.78, 5) is 0. The van der Waals surface area contributed by atoms with E-state index in [0.29, 0.717) is 11.5 Å². The van der Waals surface area contributed by atoms with E-state index >= 15 is 0 Å². The molecule has 106 valence electrons. The van der Waals surface area contributed by atoms with Crippen LogP contribution in [0, 0.1) is 0 Å². The van der Waals surface area contributed by atoms with Gasteiger partial charge >= 0.3 is 0 Å². The summed E-state index contributed by atoms with van der Waals surface area (Å²) >= 11 is 0. The van der Waals surface area contributed by atoms with Crippen molar-refractivity contribution in [3.63, 3.8) is 0 Å². The fourth-order valence-electron chi connectivity index (χ4n) is 2.03. The van der Waals surface area contributed by atoms with E-state index in [-0.39, 0.29) is 6.04 Å². The zero-order valence-corrected chi connectivity index (χ0v) is 11.9. The zero-order chi connectivity index (χ0) is 14.5. The molecule has 0 amide bonds. The first-order valence-corrected chi connectivity index (χ1v) is 6.40. The summed E-state index contributed by atoms with van der Waals surface area (Å²) in [5.41, 5.74) is 6.86. The molecule has 0 unspecified atom stereocenters. The molecule has 4 heteroatoms. The van der Waals surface area contributed by atoms with Gasteiger partial charge in [0, 0.05) is 12.1 Å². The summed E-state index contributed by atoms with van der Waals surface area (Å²) in [5.74, 6) is 2.85. The molecule has 0 bridgehead atoms. The second-order valence-electron chi connectivity index (χ2n) is 4.44. The van der Waals surface area contributed by atoms with E-state index in [1.807, 2.05) is 49.4 Å². The van der Waals surface area contributed by atoms with Gasteiger partial charge in [0.2, 0.25) is 0 Å². The molecule has 2 aromatic rings. The van der Waals surface area contributed by atoms with Crippen molar-refractivity contribution in [3.05, 3.63) is 48.0 Å². The SMILES string of the molecule is COc1cccc(Oc2cccc(OC)c2[C@@H](C)N)c1. The lowest BCUT2D eigenvalue weighted by Crippen LogP contribution is -2.08. The predicted octanol–water partition coefficient (Wildman–Crippen LogP) is 3.52. The molecular formula is C16H19NO3. The molecule has 0 aliphatic heterocycles. The minimum atomic E-state index is -0.188. The third-order valence-corrected chi connectivity index (χ3v) is 2.97. The van der Waals surface area contributed by atoms with Crippen LogP contribution < -0.4 is 19.9 Å². The van der Waals surface area contributed by atoms with Gasteiger partial charge in [-0.05, 0) is 31.2 Å². The second kappa shape index (κ2) is 6.30. The van der Waals surface area contributed by atoms with E-state index in [0.717, 1.165) is 17.1 Å². The van der Waals surface area contributed by atoms with Crippen molar-refractivity contribution < 1.29 is 14.2 Å². The zero-order valence-electron chi connectivity index (χ0n) is 11.9. The maximum absolute atomic E-state index is 6.02. The van der Waals surface area contributed by atoms with Gasteiger partial charge in [-0.3, -0.25) is 0 Å². The minimum Gasteiger partial charge on any atom is -0.497 e. The number of ether oxygens (including phenoxy) is 3. The lowest BCUT2D eigenvalue weighted by atomic mass is 10.1. The van der Waals surface area contributed by atoms with Gasteiger partial charge in [-0.2, -0.15) is 0 Å². The highest BCUT2D eigenvalue weighted by Gasteiger charge is 2.15. The monoisotopic (exact) mass is 273 g/mol. The molecule has 2 rings (SSSR count). The summed E-state index contributed by atoms with van der Waals surface area (Å²) in [6.45, 7) is 1.90. The van der Waals surface area contributed by atoms with Crippen molar-refractivity contribution in [1.29, 1.82) is 0 Å². The average molecular weight is 273 g/mol. The van der Waals surface area contributed by atoms with Gasteiger partial charge in [0.05, 0.1) is 19.8 Å². The number of benzene rings is 2. The van der Waals surface area contributed by atoms with Gasteiger partial charge in [0.1, 0.15) is 23.0 Å². The predicted molar refractivity (Wildman–Crippen MR) is 78.7 cm³/mol. The third-order valence-electron chi connectivity index (χ3n) is 2.97. The molecule has 0 aliphatic carbocycles. The molecule has 2 aromatic carbocycles. The molecule has 1 atom stereocenters. The Kier molecular flexibility index (Phi) is 4.48. The van der Waals surface area contributed by atoms with E-state index in [1.54, 1.807) is 14.2 Å². The van der Waals surface area contributed by atoms with E-state index in [1.165, 1.54) is 0 Å². The van der Waals surface area contributed by atoms with E-state index in [4.69, 9.17) is 19.9 Å². The Bertz CT molecular complexity index is 582. The number of hydrogen-bond acceptors (Lipinski definition) is 4. The van der Waals surface area contributed by atoms with Crippen LogP contribution in [0.5, 0.6) is 23.0 Å². The summed E-state index contributed by atoms with van der Waals surface area (Å²) in [7, 11) is 3.24. The van der Waals surface area contributed by atoms with E-state index < -0.39 is 0 Å². The summed E-state index contributed by atoms with van der Waals surface area (Å²) < 4.78 is 16.4. The van der Waals surface area contributed by atoms with Crippen molar-refractivity contribution >= 4 is 0 Å². The lowest BCUT2D eigenvalue weighted by Gasteiger charge is -2.17. The summed E-state index contributed by atoms with van der Waals surface area (Å²) in [6.07, 6.45) is 0. The van der Waals surface area contributed by atoms with Crippen LogP contribution >= 0.6 is 0 Å². The molecular weight excluding hydrogens is 254 g/mol. The van der Waals surface area contributed by atoms with Crippen molar-refractivity contribution in [3.8, 4) is 23.0 Å². The highest BCUT2D eigenvalue weighted by atomic mass is 16.5. The molecule has 20 heavy (non-hydrogen) atoms. The Hall–Kier alpha value is -2.20. The van der Waals surface area contributed by atoms with Crippen LogP contribution in [-0.2, 0) is 0 Å². The van der Waals surface area contributed by atoms with Gasteiger partial charge in [-0.1, -0.05) is 12.1 Å². The topological polar surface area (TPSA) is 53.7 Å². The first-order valence-electron chi connectivity index (χ1n) is 6.40. The molecule has 2 N–H and O–H groups in total. The lowest BCUT2D eigenvalue weighted by molar-refractivity contribution is 0.394.